The van der Waals surface area contributed by atoms with Crippen molar-refractivity contribution in [2.75, 3.05) is 38.2 Å². The molecule has 3 rings (SSSR count). The molecule has 0 aromatic heterocycles. The molecule has 26 heavy (non-hydrogen) atoms. The van der Waals surface area contributed by atoms with Gasteiger partial charge in [-0.05, 0) is 43.2 Å². The molecule has 0 saturated carbocycles. The van der Waals surface area contributed by atoms with Crippen molar-refractivity contribution < 1.29 is 13.2 Å². The topological polar surface area (TPSA) is 61.9 Å². The van der Waals surface area contributed by atoms with Crippen molar-refractivity contribution in [3.63, 3.8) is 0 Å². The third kappa shape index (κ3) is 4.50. The molecule has 0 radical (unpaired) electrons. The minimum absolute atomic E-state index is 0.00139. The lowest BCUT2D eigenvalue weighted by Gasteiger charge is -2.37. The summed E-state index contributed by atoms with van der Waals surface area (Å²) < 4.78 is 35.6. The van der Waals surface area contributed by atoms with E-state index >= 15 is 0 Å². The first kappa shape index (κ1) is 19.5. The lowest BCUT2D eigenvalue weighted by atomic mass is 9.94. The lowest BCUT2D eigenvalue weighted by molar-refractivity contribution is 0.219. The van der Waals surface area contributed by atoms with Gasteiger partial charge in [0.25, 0.3) is 10.2 Å². The van der Waals surface area contributed by atoms with Gasteiger partial charge >= 0.3 is 0 Å². The molecule has 0 bridgehead atoms. The maximum Gasteiger partial charge on any atom is 0.279 e. The van der Waals surface area contributed by atoms with E-state index in [0.29, 0.717) is 24.9 Å². The molecule has 0 aliphatic carbocycles. The van der Waals surface area contributed by atoms with E-state index < -0.39 is 10.2 Å². The molecule has 146 valence electrons. The zero-order chi connectivity index (χ0) is 18.7. The monoisotopic (exact) mass is 381 g/mol. The molecule has 2 fully saturated rings. The second-order valence-electron chi connectivity index (χ2n) is 7.82. The smallest absolute Gasteiger partial charge is 0.279 e. The van der Waals surface area contributed by atoms with Crippen molar-refractivity contribution in [1.82, 2.24) is 9.03 Å². The quantitative estimate of drug-likeness (QED) is 0.851. The third-order valence-electron chi connectivity index (χ3n) is 5.41. The Kier molecular flexibility index (Phi) is 6.10. The van der Waals surface area contributed by atoms with Gasteiger partial charge in [-0.25, -0.2) is 0 Å². The largest absolute Gasteiger partial charge is 0.495 e. The van der Waals surface area contributed by atoms with Crippen LogP contribution in [0.25, 0.3) is 0 Å². The Hall–Kier alpha value is -1.31. The van der Waals surface area contributed by atoms with Crippen molar-refractivity contribution in [1.29, 1.82) is 0 Å². The highest BCUT2D eigenvalue weighted by atomic mass is 32.2. The molecular formula is C19H31N3O3S. The van der Waals surface area contributed by atoms with Crippen molar-refractivity contribution in [2.45, 2.75) is 39.2 Å². The summed E-state index contributed by atoms with van der Waals surface area (Å²) in [7, 11) is -1.72. The Morgan fingerprint density at radius 3 is 2.31 bits per heavy atom. The molecule has 2 aliphatic rings. The summed E-state index contributed by atoms with van der Waals surface area (Å²) in [5, 5.41) is 0. The van der Waals surface area contributed by atoms with Gasteiger partial charge in [0, 0.05) is 32.2 Å². The summed E-state index contributed by atoms with van der Waals surface area (Å²) >= 11 is 0. The van der Waals surface area contributed by atoms with E-state index in [-0.39, 0.29) is 6.04 Å². The molecule has 1 aromatic carbocycles. The average molecular weight is 382 g/mol. The summed E-state index contributed by atoms with van der Waals surface area (Å²) in [5.41, 5.74) is 1.08. The molecule has 0 amide bonds. The first-order valence-corrected chi connectivity index (χ1v) is 11.0. The maximum atomic E-state index is 12.8. The van der Waals surface area contributed by atoms with Crippen LogP contribution in [0, 0.1) is 11.8 Å². The Labute approximate surface area is 157 Å². The first-order chi connectivity index (χ1) is 12.4. The van der Waals surface area contributed by atoms with E-state index in [1.807, 2.05) is 18.2 Å². The zero-order valence-corrected chi connectivity index (χ0v) is 16.8. The highest BCUT2D eigenvalue weighted by molar-refractivity contribution is 7.87. The number of rotatable bonds is 5. The van der Waals surface area contributed by atoms with Gasteiger partial charge in [-0.1, -0.05) is 26.0 Å². The molecule has 2 atom stereocenters. The number of para-hydroxylation sites is 2. The molecule has 1 N–H and O–H groups in total. The van der Waals surface area contributed by atoms with Crippen LogP contribution in [0.5, 0.6) is 5.75 Å². The number of ether oxygens (including phenoxy) is 1. The van der Waals surface area contributed by atoms with Gasteiger partial charge in [-0.3, -0.25) is 0 Å². The van der Waals surface area contributed by atoms with E-state index in [1.54, 1.807) is 11.4 Å². The number of piperidine rings is 2. The summed E-state index contributed by atoms with van der Waals surface area (Å²) in [6.45, 7) is 7.15. The predicted molar refractivity (Wildman–Crippen MR) is 105 cm³/mol. The molecule has 7 heteroatoms. The standard InChI is InChI=1S/C19H31N3O3S/c1-15-12-16(2)14-22(13-15)26(23,24)20-17-8-10-21(11-9-17)18-6-4-5-7-19(18)25-3/h4-7,15-17,20H,8-14H2,1-3H3. The second-order valence-corrected chi connectivity index (χ2v) is 9.52. The fourth-order valence-electron chi connectivity index (χ4n) is 4.22. The van der Waals surface area contributed by atoms with Gasteiger partial charge in [0.05, 0.1) is 12.8 Å². The van der Waals surface area contributed by atoms with Crippen LogP contribution in [0.15, 0.2) is 24.3 Å². The summed E-state index contributed by atoms with van der Waals surface area (Å²) in [4.78, 5) is 2.27. The van der Waals surface area contributed by atoms with Crippen molar-refractivity contribution in [2.24, 2.45) is 11.8 Å². The highest BCUT2D eigenvalue weighted by Crippen LogP contribution is 2.30. The van der Waals surface area contributed by atoms with Crippen LogP contribution in [0.2, 0.25) is 0 Å². The third-order valence-corrected chi connectivity index (χ3v) is 7.02. The van der Waals surface area contributed by atoms with E-state index in [9.17, 15) is 8.42 Å². The molecule has 1 aromatic rings. The van der Waals surface area contributed by atoms with Gasteiger partial charge < -0.3 is 9.64 Å². The molecule has 2 heterocycles. The molecule has 2 unspecified atom stereocenters. The fraction of sp³-hybridized carbons (Fsp3) is 0.684. The number of benzene rings is 1. The van der Waals surface area contributed by atoms with Crippen LogP contribution in [-0.4, -0.2) is 52.1 Å². The number of nitrogens with zero attached hydrogens (tertiary/aromatic N) is 2. The SMILES string of the molecule is COc1ccccc1N1CCC(NS(=O)(=O)N2CC(C)CC(C)C2)CC1. The summed E-state index contributed by atoms with van der Waals surface area (Å²) in [5.74, 6) is 1.70. The minimum atomic E-state index is -3.40. The predicted octanol–water partition coefficient (Wildman–Crippen LogP) is 2.48. The Bertz CT molecular complexity index is 692. The van der Waals surface area contributed by atoms with Crippen LogP contribution >= 0.6 is 0 Å². The summed E-state index contributed by atoms with van der Waals surface area (Å²) in [6.07, 6.45) is 2.70. The highest BCUT2D eigenvalue weighted by Gasteiger charge is 2.33. The van der Waals surface area contributed by atoms with E-state index in [1.165, 1.54) is 0 Å². The Balaban J connectivity index is 1.58. The van der Waals surface area contributed by atoms with Crippen LogP contribution in [0.1, 0.15) is 33.1 Å². The Morgan fingerprint density at radius 2 is 1.69 bits per heavy atom. The molecule has 6 nitrogen and oxygen atoms in total. The van der Waals surface area contributed by atoms with Gasteiger partial charge in [0.1, 0.15) is 5.75 Å². The van der Waals surface area contributed by atoms with Gasteiger partial charge in [-0.15, -0.1) is 0 Å². The second kappa shape index (κ2) is 8.15. The number of hydrogen-bond acceptors (Lipinski definition) is 4. The molecule has 2 saturated heterocycles. The number of nitrogens with one attached hydrogen (secondary N) is 1. The average Bonchev–Trinajstić information content (AvgIpc) is 2.61. The number of hydrogen-bond donors (Lipinski definition) is 1. The van der Waals surface area contributed by atoms with Crippen LogP contribution in [0.3, 0.4) is 0 Å². The van der Waals surface area contributed by atoms with Gasteiger partial charge in [-0.2, -0.15) is 17.4 Å². The minimum Gasteiger partial charge on any atom is -0.495 e. The van der Waals surface area contributed by atoms with Crippen molar-refractivity contribution in [3.05, 3.63) is 24.3 Å². The normalized spacial score (nSPS) is 26.0. The van der Waals surface area contributed by atoms with Crippen LogP contribution in [-0.2, 0) is 10.2 Å². The number of anilines is 1. The lowest BCUT2D eigenvalue weighted by Crippen LogP contribution is -2.52. The first-order valence-electron chi connectivity index (χ1n) is 9.54. The molecule has 0 spiro atoms. The van der Waals surface area contributed by atoms with E-state index in [0.717, 1.165) is 43.8 Å². The summed E-state index contributed by atoms with van der Waals surface area (Å²) in [6, 6.07) is 7.98. The fourth-order valence-corrected chi connectivity index (χ4v) is 5.92. The Morgan fingerprint density at radius 1 is 1.08 bits per heavy atom. The van der Waals surface area contributed by atoms with Crippen LogP contribution in [0.4, 0.5) is 5.69 Å². The molecule has 2 aliphatic heterocycles. The maximum absolute atomic E-state index is 12.8. The van der Waals surface area contributed by atoms with Gasteiger partial charge in [0.2, 0.25) is 0 Å². The van der Waals surface area contributed by atoms with Crippen molar-refractivity contribution >= 4 is 15.9 Å². The van der Waals surface area contributed by atoms with E-state index in [4.69, 9.17) is 4.74 Å². The zero-order valence-electron chi connectivity index (χ0n) is 16.0. The van der Waals surface area contributed by atoms with Crippen LogP contribution < -0.4 is 14.4 Å². The van der Waals surface area contributed by atoms with Gasteiger partial charge in [0.15, 0.2) is 0 Å². The van der Waals surface area contributed by atoms with E-state index in [2.05, 4.69) is 29.5 Å². The van der Waals surface area contributed by atoms with Crippen molar-refractivity contribution in [3.8, 4) is 5.75 Å². The number of methoxy groups -OCH3 is 1. The molecular weight excluding hydrogens is 350 g/mol.